The van der Waals surface area contributed by atoms with E-state index < -0.39 is 17.6 Å². The largest absolute Gasteiger partial charge is 0.478 e. The standard InChI is InChI=1S/C15H21NO3.C7H6F2.C7H16N2O2.C2H6/c1-4-6-16(7-5-2)14(17)12-8-11(3)9-13(10-12)15(18)19;1-5-2-6(8)4-7(9)3-5;1-11-7(10)3-6-9-5-2-4-8;1-2/h8-10H,4-7H2,1-3H3,(H,18,19);2-4H,1H3;9H,2-6,8H2,1H3;1-2H3. The van der Waals surface area contributed by atoms with Crippen molar-refractivity contribution in [2.24, 2.45) is 5.73 Å². The van der Waals surface area contributed by atoms with Crippen LogP contribution in [0.15, 0.2) is 36.4 Å². The highest BCUT2D eigenvalue weighted by molar-refractivity contribution is 5.97. The first kappa shape index (κ1) is 39.8. The molecule has 0 aromatic heterocycles. The average molecular weight is 582 g/mol. The smallest absolute Gasteiger partial charge is 0.335 e. The maximum Gasteiger partial charge on any atom is 0.335 e. The minimum Gasteiger partial charge on any atom is -0.478 e. The van der Waals surface area contributed by atoms with Crippen molar-refractivity contribution in [1.29, 1.82) is 0 Å². The third-order valence-electron chi connectivity index (χ3n) is 5.14. The molecular weight excluding hydrogens is 532 g/mol. The van der Waals surface area contributed by atoms with E-state index in [1.54, 1.807) is 30.9 Å². The van der Waals surface area contributed by atoms with Crippen LogP contribution in [0.1, 0.15) is 85.2 Å². The van der Waals surface area contributed by atoms with Gasteiger partial charge in [-0.1, -0.05) is 27.7 Å². The monoisotopic (exact) mass is 581 g/mol. The average Bonchev–Trinajstić information content (AvgIpc) is 2.93. The van der Waals surface area contributed by atoms with Crippen LogP contribution in [-0.4, -0.2) is 67.7 Å². The maximum atomic E-state index is 12.4. The summed E-state index contributed by atoms with van der Waals surface area (Å²) in [5, 5.41) is 12.1. The van der Waals surface area contributed by atoms with Crippen molar-refractivity contribution in [1.82, 2.24) is 10.2 Å². The van der Waals surface area contributed by atoms with Crippen LogP contribution in [0.5, 0.6) is 0 Å². The minimum absolute atomic E-state index is 0.0881. The molecule has 8 nitrogen and oxygen atoms in total. The van der Waals surface area contributed by atoms with Crippen LogP contribution in [0.25, 0.3) is 0 Å². The predicted octanol–water partition coefficient (Wildman–Crippen LogP) is 5.74. The Morgan fingerprint density at radius 1 is 0.878 bits per heavy atom. The van der Waals surface area contributed by atoms with Crippen LogP contribution in [0, 0.1) is 25.5 Å². The molecule has 41 heavy (non-hydrogen) atoms. The second kappa shape index (κ2) is 24.4. The molecule has 0 atom stereocenters. The van der Waals surface area contributed by atoms with Crippen molar-refractivity contribution in [3.05, 3.63) is 70.3 Å². The van der Waals surface area contributed by atoms with Crippen LogP contribution in [0.4, 0.5) is 8.78 Å². The highest BCUT2D eigenvalue weighted by atomic mass is 19.1. The fourth-order valence-corrected chi connectivity index (χ4v) is 3.40. The number of benzene rings is 2. The van der Waals surface area contributed by atoms with Crippen molar-refractivity contribution in [2.75, 3.05) is 39.8 Å². The molecule has 0 unspecified atom stereocenters. The highest BCUT2D eigenvalue weighted by Crippen LogP contribution is 2.13. The van der Waals surface area contributed by atoms with Gasteiger partial charge in [0.1, 0.15) is 11.6 Å². The number of esters is 1. The summed E-state index contributed by atoms with van der Waals surface area (Å²) in [5.74, 6) is -2.31. The first-order valence-electron chi connectivity index (χ1n) is 14.0. The Balaban J connectivity index is 0. The van der Waals surface area contributed by atoms with Gasteiger partial charge in [-0.3, -0.25) is 9.59 Å². The van der Waals surface area contributed by atoms with Crippen LogP contribution < -0.4 is 11.1 Å². The number of methoxy groups -OCH3 is 1. The lowest BCUT2D eigenvalue weighted by atomic mass is 10.1. The number of hydrogen-bond donors (Lipinski definition) is 3. The quantitative estimate of drug-likeness (QED) is 0.216. The Morgan fingerprint density at radius 2 is 1.39 bits per heavy atom. The van der Waals surface area contributed by atoms with E-state index in [4.69, 9.17) is 10.8 Å². The number of nitrogens with one attached hydrogen (secondary N) is 1. The number of rotatable bonds is 12. The van der Waals surface area contributed by atoms with Crippen molar-refractivity contribution in [3.8, 4) is 0 Å². The molecule has 4 N–H and O–H groups in total. The van der Waals surface area contributed by atoms with Gasteiger partial charge in [0, 0.05) is 31.3 Å². The van der Waals surface area contributed by atoms with E-state index in [1.165, 1.54) is 25.3 Å². The van der Waals surface area contributed by atoms with Gasteiger partial charge in [0.15, 0.2) is 0 Å². The molecular formula is C31H49F2N3O5. The second-order valence-electron chi connectivity index (χ2n) is 8.85. The van der Waals surface area contributed by atoms with E-state index in [0.29, 0.717) is 43.7 Å². The molecule has 0 saturated heterocycles. The van der Waals surface area contributed by atoms with Gasteiger partial charge in [0.05, 0.1) is 19.1 Å². The van der Waals surface area contributed by atoms with E-state index in [1.807, 2.05) is 27.7 Å². The molecule has 10 heteroatoms. The lowest BCUT2D eigenvalue weighted by Crippen LogP contribution is -2.32. The van der Waals surface area contributed by atoms with Gasteiger partial charge in [-0.2, -0.15) is 0 Å². The molecule has 0 fully saturated rings. The molecule has 2 aromatic rings. The summed E-state index contributed by atoms with van der Waals surface area (Å²) in [7, 11) is 1.39. The van der Waals surface area contributed by atoms with Gasteiger partial charge in [0.2, 0.25) is 0 Å². The molecule has 0 aliphatic heterocycles. The third-order valence-corrected chi connectivity index (χ3v) is 5.14. The van der Waals surface area contributed by atoms with Gasteiger partial charge >= 0.3 is 11.9 Å². The van der Waals surface area contributed by atoms with Crippen molar-refractivity contribution < 1.29 is 33.0 Å². The van der Waals surface area contributed by atoms with Gasteiger partial charge in [0.25, 0.3) is 5.91 Å². The van der Waals surface area contributed by atoms with Crippen molar-refractivity contribution in [2.45, 2.75) is 67.2 Å². The highest BCUT2D eigenvalue weighted by Gasteiger charge is 2.16. The first-order valence-corrected chi connectivity index (χ1v) is 14.0. The number of amides is 1. The zero-order chi connectivity index (χ0) is 31.8. The first-order chi connectivity index (χ1) is 19.5. The number of aromatic carboxylic acids is 1. The Kier molecular flexibility index (Phi) is 23.7. The molecule has 0 bridgehead atoms. The minimum atomic E-state index is -1.00. The Labute approximate surface area is 244 Å². The van der Waals surface area contributed by atoms with Gasteiger partial charge in [-0.25, -0.2) is 13.6 Å². The number of nitrogens with zero attached hydrogens (tertiary/aromatic N) is 1. The zero-order valence-corrected chi connectivity index (χ0v) is 25.7. The number of carbonyl (C=O) groups is 3. The van der Waals surface area contributed by atoms with Gasteiger partial charge in [-0.15, -0.1) is 0 Å². The molecule has 0 aliphatic rings. The third kappa shape index (κ3) is 19.4. The van der Waals surface area contributed by atoms with E-state index in [2.05, 4.69) is 10.1 Å². The molecule has 1 amide bonds. The summed E-state index contributed by atoms with van der Waals surface area (Å²) in [6.07, 6.45) is 3.16. The van der Waals surface area contributed by atoms with Gasteiger partial charge < -0.3 is 25.8 Å². The van der Waals surface area contributed by atoms with Crippen LogP contribution >= 0.6 is 0 Å². The second-order valence-corrected chi connectivity index (χ2v) is 8.85. The molecule has 0 spiro atoms. The number of carbonyl (C=O) groups excluding carboxylic acids is 2. The van der Waals surface area contributed by atoms with E-state index >= 15 is 0 Å². The number of hydrogen-bond acceptors (Lipinski definition) is 6. The Hall–Kier alpha value is -3.37. The maximum absolute atomic E-state index is 12.4. The number of halogens is 2. The molecule has 0 heterocycles. The van der Waals surface area contributed by atoms with E-state index in [-0.39, 0.29) is 17.4 Å². The number of nitrogens with two attached hydrogens (primary N) is 1. The fraction of sp³-hybridized carbons (Fsp3) is 0.516. The summed E-state index contributed by atoms with van der Waals surface area (Å²) >= 11 is 0. The van der Waals surface area contributed by atoms with Crippen LogP contribution in [0.3, 0.4) is 0 Å². The van der Waals surface area contributed by atoms with E-state index in [0.717, 1.165) is 37.4 Å². The number of ether oxygens (including phenoxy) is 1. The van der Waals surface area contributed by atoms with Crippen LogP contribution in [-0.2, 0) is 9.53 Å². The summed E-state index contributed by atoms with van der Waals surface area (Å²) in [4.78, 5) is 35.7. The molecule has 0 saturated carbocycles. The molecule has 0 aliphatic carbocycles. The summed E-state index contributed by atoms with van der Waals surface area (Å²) < 4.78 is 28.8. The molecule has 0 radical (unpaired) electrons. The van der Waals surface area contributed by atoms with Crippen LogP contribution in [0.2, 0.25) is 0 Å². The molecule has 2 aromatic carbocycles. The van der Waals surface area contributed by atoms with Gasteiger partial charge in [-0.05, 0) is 87.7 Å². The SMILES string of the molecule is CC.CCCN(CCC)C(=O)c1cc(C)cc(C(=O)O)c1.COC(=O)CCNCCCN.Cc1cc(F)cc(F)c1. The van der Waals surface area contributed by atoms with E-state index in [9.17, 15) is 23.2 Å². The topological polar surface area (TPSA) is 122 Å². The number of carboxylic acid groups (broad SMARTS) is 1. The predicted molar refractivity (Wildman–Crippen MR) is 160 cm³/mol. The molecule has 232 valence electrons. The van der Waals surface area contributed by atoms with Crippen molar-refractivity contribution >= 4 is 17.8 Å². The number of aryl methyl sites for hydroxylation is 2. The summed E-state index contributed by atoms with van der Waals surface area (Å²) in [6.45, 7) is 15.1. The zero-order valence-electron chi connectivity index (χ0n) is 25.7. The Bertz CT molecular complexity index is 978. The normalized spacial score (nSPS) is 9.61. The fourth-order valence-electron chi connectivity index (χ4n) is 3.40. The lowest BCUT2D eigenvalue weighted by molar-refractivity contribution is -0.140. The molecule has 2 rings (SSSR count). The number of carboxylic acids is 1. The Morgan fingerprint density at radius 3 is 1.83 bits per heavy atom. The summed E-state index contributed by atoms with van der Waals surface area (Å²) in [6, 6.07) is 8.19. The van der Waals surface area contributed by atoms with Crippen molar-refractivity contribution in [3.63, 3.8) is 0 Å². The lowest BCUT2D eigenvalue weighted by Gasteiger charge is -2.21. The summed E-state index contributed by atoms with van der Waals surface area (Å²) in [5.41, 5.74) is 7.28.